The van der Waals surface area contributed by atoms with Crippen molar-refractivity contribution in [2.45, 2.75) is 25.8 Å². The number of carboxylic acid groups (broad SMARTS) is 1. The van der Waals surface area contributed by atoms with Crippen molar-refractivity contribution in [1.82, 2.24) is 19.6 Å². The summed E-state index contributed by atoms with van der Waals surface area (Å²) in [6.45, 7) is 2.55. The first-order chi connectivity index (χ1) is 11.8. The predicted molar refractivity (Wildman–Crippen MR) is 88.3 cm³/mol. The minimum atomic E-state index is -0.859. The van der Waals surface area contributed by atoms with E-state index < -0.39 is 11.9 Å². The molecule has 2 unspecified atom stereocenters. The number of likely N-dealkylation sites (tertiary alicyclic amines) is 2. The molecule has 2 aliphatic heterocycles. The normalized spacial score (nSPS) is 30.0. The fraction of sp³-hybridized carbons (Fsp3) is 0.647. The van der Waals surface area contributed by atoms with Crippen LogP contribution in [0.15, 0.2) is 12.4 Å². The first-order valence-electron chi connectivity index (χ1n) is 8.55. The lowest BCUT2D eigenvalue weighted by Gasteiger charge is -2.39. The van der Waals surface area contributed by atoms with E-state index in [2.05, 4.69) is 5.10 Å². The van der Waals surface area contributed by atoms with Crippen LogP contribution in [0, 0.1) is 17.8 Å². The summed E-state index contributed by atoms with van der Waals surface area (Å²) in [4.78, 5) is 39.9. The Morgan fingerprint density at radius 3 is 2.52 bits per heavy atom. The summed E-state index contributed by atoms with van der Waals surface area (Å²) in [5.74, 6) is -1.88. The van der Waals surface area contributed by atoms with Crippen LogP contribution in [-0.2, 0) is 21.4 Å². The molecule has 1 aromatic heterocycles. The summed E-state index contributed by atoms with van der Waals surface area (Å²) in [7, 11) is 3.51. The smallest absolute Gasteiger partial charge is 0.308 e. The van der Waals surface area contributed by atoms with Gasteiger partial charge >= 0.3 is 5.97 Å². The van der Waals surface area contributed by atoms with Gasteiger partial charge in [-0.15, -0.1) is 0 Å². The van der Waals surface area contributed by atoms with Crippen molar-refractivity contribution in [3.05, 3.63) is 18.0 Å². The molecule has 2 saturated heterocycles. The molecule has 0 radical (unpaired) electrons. The molecule has 2 amide bonds. The Hall–Kier alpha value is -2.38. The van der Waals surface area contributed by atoms with Gasteiger partial charge < -0.3 is 14.9 Å². The monoisotopic (exact) mass is 348 g/mol. The van der Waals surface area contributed by atoms with Gasteiger partial charge in [0.05, 0.1) is 24.1 Å². The molecule has 136 valence electrons. The SMILES string of the molecule is C[C@@H]1CN(C(=O)C2CCC(=O)N(C)C2c2cnn(C)c2)C[C@H]1C(=O)O. The zero-order valence-electron chi connectivity index (χ0n) is 14.8. The Kier molecular flexibility index (Phi) is 4.53. The molecule has 8 heteroatoms. The average molecular weight is 348 g/mol. The quantitative estimate of drug-likeness (QED) is 0.859. The van der Waals surface area contributed by atoms with Gasteiger partial charge in [-0.25, -0.2) is 0 Å². The lowest BCUT2D eigenvalue weighted by atomic mass is 9.84. The van der Waals surface area contributed by atoms with Crippen molar-refractivity contribution in [3.8, 4) is 0 Å². The van der Waals surface area contributed by atoms with Crippen LogP contribution in [0.25, 0.3) is 0 Å². The van der Waals surface area contributed by atoms with Crippen LogP contribution in [0.4, 0.5) is 0 Å². The first kappa shape index (κ1) is 17.4. The van der Waals surface area contributed by atoms with Gasteiger partial charge in [0.25, 0.3) is 0 Å². The predicted octanol–water partition coefficient (Wildman–Crippen LogP) is 0.509. The third-order valence-electron chi connectivity index (χ3n) is 5.49. The number of rotatable bonds is 3. The highest BCUT2D eigenvalue weighted by molar-refractivity contribution is 5.85. The van der Waals surface area contributed by atoms with E-state index in [4.69, 9.17) is 0 Å². The van der Waals surface area contributed by atoms with Crippen molar-refractivity contribution in [2.75, 3.05) is 20.1 Å². The number of hydrogen-bond acceptors (Lipinski definition) is 4. The van der Waals surface area contributed by atoms with E-state index in [1.165, 1.54) is 0 Å². The number of carbonyl (C=O) groups excluding carboxylic acids is 2. The van der Waals surface area contributed by atoms with E-state index >= 15 is 0 Å². The minimum absolute atomic E-state index is 0.0103. The molecule has 1 N–H and O–H groups in total. The molecule has 3 heterocycles. The number of piperidine rings is 1. The van der Waals surface area contributed by atoms with Gasteiger partial charge in [-0.1, -0.05) is 6.92 Å². The van der Waals surface area contributed by atoms with Crippen LogP contribution in [-0.4, -0.2) is 62.6 Å². The van der Waals surface area contributed by atoms with Gasteiger partial charge in [-0.2, -0.15) is 5.10 Å². The first-order valence-corrected chi connectivity index (χ1v) is 8.55. The molecule has 25 heavy (non-hydrogen) atoms. The Morgan fingerprint density at radius 1 is 1.24 bits per heavy atom. The number of hydrogen-bond donors (Lipinski definition) is 1. The molecule has 3 rings (SSSR count). The van der Waals surface area contributed by atoms with E-state index in [0.717, 1.165) is 5.56 Å². The molecule has 2 fully saturated rings. The van der Waals surface area contributed by atoms with Crippen LogP contribution in [0.3, 0.4) is 0 Å². The highest BCUT2D eigenvalue weighted by Crippen LogP contribution is 2.38. The Labute approximate surface area is 146 Å². The van der Waals surface area contributed by atoms with E-state index in [-0.39, 0.29) is 36.2 Å². The van der Waals surface area contributed by atoms with Crippen molar-refractivity contribution >= 4 is 17.8 Å². The summed E-state index contributed by atoms with van der Waals surface area (Å²) >= 11 is 0. The molecular weight excluding hydrogens is 324 g/mol. The van der Waals surface area contributed by atoms with Gasteiger partial charge in [0.1, 0.15) is 0 Å². The fourth-order valence-electron chi connectivity index (χ4n) is 4.05. The largest absolute Gasteiger partial charge is 0.481 e. The molecule has 0 saturated carbocycles. The number of aliphatic carboxylic acids is 1. The van der Waals surface area contributed by atoms with Crippen LogP contribution in [0.2, 0.25) is 0 Å². The van der Waals surface area contributed by atoms with E-state index in [9.17, 15) is 19.5 Å². The Balaban J connectivity index is 1.85. The van der Waals surface area contributed by atoms with Gasteiger partial charge in [0.2, 0.25) is 11.8 Å². The van der Waals surface area contributed by atoms with Crippen LogP contribution < -0.4 is 0 Å². The van der Waals surface area contributed by atoms with Gasteiger partial charge in [-0.3, -0.25) is 19.1 Å². The highest BCUT2D eigenvalue weighted by atomic mass is 16.4. The maximum absolute atomic E-state index is 13.1. The molecule has 4 atom stereocenters. The lowest BCUT2D eigenvalue weighted by Crippen LogP contribution is -2.47. The second-order valence-electron chi connectivity index (χ2n) is 7.21. The zero-order chi connectivity index (χ0) is 18.3. The maximum Gasteiger partial charge on any atom is 0.308 e. The number of aromatic nitrogens is 2. The summed E-state index contributed by atoms with van der Waals surface area (Å²) in [5, 5.41) is 13.5. The van der Waals surface area contributed by atoms with Gasteiger partial charge in [0.15, 0.2) is 0 Å². The zero-order valence-corrected chi connectivity index (χ0v) is 14.8. The fourth-order valence-corrected chi connectivity index (χ4v) is 4.05. The molecule has 1 aromatic rings. The van der Waals surface area contributed by atoms with Crippen molar-refractivity contribution in [3.63, 3.8) is 0 Å². The van der Waals surface area contributed by atoms with Crippen molar-refractivity contribution < 1.29 is 19.5 Å². The number of nitrogens with zero attached hydrogens (tertiary/aromatic N) is 4. The molecule has 0 bridgehead atoms. The van der Waals surface area contributed by atoms with Crippen molar-refractivity contribution in [1.29, 1.82) is 0 Å². The number of carbonyl (C=O) groups is 3. The third kappa shape index (κ3) is 3.12. The second-order valence-corrected chi connectivity index (χ2v) is 7.21. The number of carboxylic acids is 1. The van der Waals surface area contributed by atoms with E-state index in [1.807, 2.05) is 13.1 Å². The highest BCUT2D eigenvalue weighted by Gasteiger charge is 2.44. The van der Waals surface area contributed by atoms with Gasteiger partial charge in [0, 0.05) is 45.4 Å². The van der Waals surface area contributed by atoms with Crippen LogP contribution >= 0.6 is 0 Å². The molecular formula is C17H24N4O4. The van der Waals surface area contributed by atoms with Crippen molar-refractivity contribution in [2.24, 2.45) is 24.8 Å². The number of amides is 2. The second kappa shape index (κ2) is 6.50. The summed E-state index contributed by atoms with van der Waals surface area (Å²) in [6, 6.07) is -0.360. The standard InChI is InChI=1S/C17H24N4O4/c1-10-7-21(9-13(10)17(24)25)16(23)12-4-5-14(22)20(3)15(12)11-6-18-19(2)8-11/h6,8,10,12-13,15H,4-5,7,9H2,1-3H3,(H,24,25)/t10-,12?,13-,15?/m1/s1. The number of aryl methyl sites for hydroxylation is 1. The molecule has 0 aromatic carbocycles. The molecule has 0 aliphatic carbocycles. The maximum atomic E-state index is 13.1. The average Bonchev–Trinajstić information content (AvgIpc) is 3.15. The van der Waals surface area contributed by atoms with E-state index in [1.54, 1.807) is 34.8 Å². The molecule has 0 spiro atoms. The lowest BCUT2D eigenvalue weighted by molar-refractivity contribution is -0.146. The van der Waals surface area contributed by atoms with Crippen LogP contribution in [0.5, 0.6) is 0 Å². The minimum Gasteiger partial charge on any atom is -0.481 e. The van der Waals surface area contributed by atoms with Crippen LogP contribution in [0.1, 0.15) is 31.4 Å². The third-order valence-corrected chi connectivity index (χ3v) is 5.49. The Bertz CT molecular complexity index is 701. The Morgan fingerprint density at radius 2 is 1.96 bits per heavy atom. The van der Waals surface area contributed by atoms with Gasteiger partial charge in [-0.05, 0) is 12.3 Å². The molecule has 2 aliphatic rings. The summed E-state index contributed by atoms with van der Waals surface area (Å²) in [6.07, 6.45) is 4.32. The summed E-state index contributed by atoms with van der Waals surface area (Å²) in [5.41, 5.74) is 0.832. The van der Waals surface area contributed by atoms with E-state index in [0.29, 0.717) is 19.4 Å². The summed E-state index contributed by atoms with van der Waals surface area (Å²) < 4.78 is 1.65. The topological polar surface area (TPSA) is 95.7 Å². The molecule has 8 nitrogen and oxygen atoms in total.